The summed E-state index contributed by atoms with van der Waals surface area (Å²) in [7, 11) is 0. The number of rotatable bonds is 3. The van der Waals surface area contributed by atoms with Gasteiger partial charge in [-0.1, -0.05) is 15.9 Å². The molecule has 2 nitrogen and oxygen atoms in total. The maximum Gasteiger partial charge on any atom is 0.426 e. The van der Waals surface area contributed by atoms with Crippen LogP contribution in [0.3, 0.4) is 0 Å². The lowest BCUT2D eigenvalue weighted by Gasteiger charge is -2.24. The Labute approximate surface area is 104 Å². The molecule has 7 heteroatoms. The zero-order chi connectivity index (χ0) is 13.2. The molecule has 0 saturated heterocycles. The van der Waals surface area contributed by atoms with E-state index in [0.717, 1.165) is 19.1 Å². The molecule has 0 bridgehead atoms. The van der Waals surface area contributed by atoms with E-state index in [1.165, 1.54) is 6.07 Å². The van der Waals surface area contributed by atoms with Gasteiger partial charge in [0.05, 0.1) is 0 Å². The normalized spacial score (nSPS) is 15.5. The number of halogens is 5. The fraction of sp³-hybridized carbons (Fsp3) is 0.400. The highest BCUT2D eigenvalue weighted by atomic mass is 79.9. The quantitative estimate of drug-likeness (QED) is 0.869. The van der Waals surface area contributed by atoms with E-state index in [1.807, 2.05) is 0 Å². The summed E-state index contributed by atoms with van der Waals surface area (Å²) in [5.74, 6) is -1.36. The molecule has 96 valence electrons. The number of alkyl halides is 3. The van der Waals surface area contributed by atoms with Gasteiger partial charge in [-0.05, 0) is 25.1 Å². The Bertz CT molecular complexity index is 394. The molecule has 0 saturated carbocycles. The van der Waals surface area contributed by atoms with Crippen LogP contribution in [0.5, 0.6) is 5.75 Å². The summed E-state index contributed by atoms with van der Waals surface area (Å²) in [5.41, 5.74) is 5.18. The van der Waals surface area contributed by atoms with Gasteiger partial charge in [0.15, 0.2) is 11.6 Å². The molecule has 0 aliphatic carbocycles. The first-order chi connectivity index (χ1) is 7.71. The largest absolute Gasteiger partial charge is 0.476 e. The van der Waals surface area contributed by atoms with Crippen molar-refractivity contribution in [3.63, 3.8) is 0 Å². The molecule has 2 unspecified atom stereocenters. The van der Waals surface area contributed by atoms with Crippen molar-refractivity contribution < 1.29 is 22.3 Å². The third kappa shape index (κ3) is 3.85. The highest BCUT2D eigenvalue weighted by Crippen LogP contribution is 2.29. The minimum absolute atomic E-state index is 0.416. The van der Waals surface area contributed by atoms with E-state index in [0.29, 0.717) is 4.47 Å². The van der Waals surface area contributed by atoms with E-state index >= 15 is 0 Å². The SMILES string of the molecule is CC(N)C(Oc1cc(Br)ccc1F)C(F)(F)F. The second kappa shape index (κ2) is 5.22. The summed E-state index contributed by atoms with van der Waals surface area (Å²) in [5, 5.41) is 0. The maximum absolute atomic E-state index is 13.2. The zero-order valence-corrected chi connectivity index (χ0v) is 10.3. The van der Waals surface area contributed by atoms with Crippen molar-refractivity contribution in [2.45, 2.75) is 25.2 Å². The molecule has 17 heavy (non-hydrogen) atoms. The predicted molar refractivity (Wildman–Crippen MR) is 58.2 cm³/mol. The van der Waals surface area contributed by atoms with Crippen LogP contribution >= 0.6 is 15.9 Å². The van der Waals surface area contributed by atoms with Gasteiger partial charge >= 0.3 is 6.18 Å². The minimum atomic E-state index is -4.65. The summed E-state index contributed by atoms with van der Waals surface area (Å²) in [6.07, 6.45) is -6.89. The van der Waals surface area contributed by atoms with Gasteiger partial charge in [0, 0.05) is 10.5 Å². The molecule has 0 aliphatic heterocycles. The van der Waals surface area contributed by atoms with Gasteiger partial charge in [0.25, 0.3) is 0 Å². The molecule has 0 spiro atoms. The van der Waals surface area contributed by atoms with Crippen molar-refractivity contribution in [1.82, 2.24) is 0 Å². The van der Waals surface area contributed by atoms with Gasteiger partial charge in [-0.3, -0.25) is 0 Å². The van der Waals surface area contributed by atoms with Gasteiger partial charge in [-0.25, -0.2) is 4.39 Å². The van der Waals surface area contributed by atoms with Crippen LogP contribution in [0.15, 0.2) is 22.7 Å². The molecule has 0 aromatic heterocycles. The average Bonchev–Trinajstić information content (AvgIpc) is 2.17. The summed E-state index contributed by atoms with van der Waals surface area (Å²) in [6, 6.07) is 2.19. The van der Waals surface area contributed by atoms with Crippen molar-refractivity contribution in [2.75, 3.05) is 0 Å². The second-order valence-corrected chi connectivity index (χ2v) is 4.43. The molecule has 0 radical (unpaired) electrons. The van der Waals surface area contributed by atoms with Crippen LogP contribution in [0.4, 0.5) is 17.6 Å². The lowest BCUT2D eigenvalue weighted by molar-refractivity contribution is -0.199. The van der Waals surface area contributed by atoms with Crippen LogP contribution in [-0.4, -0.2) is 18.3 Å². The fourth-order valence-corrected chi connectivity index (χ4v) is 1.52. The highest BCUT2D eigenvalue weighted by Gasteiger charge is 2.44. The van der Waals surface area contributed by atoms with E-state index in [9.17, 15) is 17.6 Å². The van der Waals surface area contributed by atoms with Gasteiger partial charge in [-0.15, -0.1) is 0 Å². The smallest absolute Gasteiger partial charge is 0.426 e. The van der Waals surface area contributed by atoms with Crippen LogP contribution in [-0.2, 0) is 0 Å². The molecular weight excluding hydrogens is 306 g/mol. The number of ether oxygens (including phenoxy) is 1. The summed E-state index contributed by atoms with van der Waals surface area (Å²) >= 11 is 3.01. The predicted octanol–water partition coefficient (Wildman–Crippen LogP) is 3.25. The van der Waals surface area contributed by atoms with Crippen LogP contribution in [0.1, 0.15) is 6.92 Å². The Balaban J connectivity index is 2.98. The van der Waals surface area contributed by atoms with Crippen LogP contribution in [0.25, 0.3) is 0 Å². The third-order valence-corrected chi connectivity index (χ3v) is 2.44. The van der Waals surface area contributed by atoms with Crippen LogP contribution < -0.4 is 10.5 Å². The van der Waals surface area contributed by atoms with E-state index in [2.05, 4.69) is 20.7 Å². The van der Waals surface area contributed by atoms with Gasteiger partial charge in [0.2, 0.25) is 6.10 Å². The highest BCUT2D eigenvalue weighted by molar-refractivity contribution is 9.10. The van der Waals surface area contributed by atoms with Gasteiger partial charge in [-0.2, -0.15) is 13.2 Å². The molecule has 0 heterocycles. The summed E-state index contributed by atoms with van der Waals surface area (Å²) < 4.78 is 55.9. The molecule has 1 aromatic carbocycles. The third-order valence-electron chi connectivity index (χ3n) is 1.95. The van der Waals surface area contributed by atoms with E-state index in [-0.39, 0.29) is 0 Å². The van der Waals surface area contributed by atoms with E-state index in [1.54, 1.807) is 0 Å². The minimum Gasteiger partial charge on any atom is -0.476 e. The lowest BCUT2D eigenvalue weighted by atomic mass is 10.2. The standard InChI is InChI=1S/C10H10BrF4NO/c1-5(16)9(10(13,14)15)17-8-4-6(11)2-3-7(8)12/h2-5,9H,16H2,1H3. The van der Waals surface area contributed by atoms with Crippen molar-refractivity contribution in [1.29, 1.82) is 0 Å². The zero-order valence-electron chi connectivity index (χ0n) is 8.76. The van der Waals surface area contributed by atoms with Gasteiger partial charge in [0.1, 0.15) is 0 Å². The average molecular weight is 316 g/mol. The first kappa shape index (κ1) is 14.2. The molecule has 0 amide bonds. The number of nitrogens with two attached hydrogens (primary N) is 1. The molecule has 1 rings (SSSR count). The van der Waals surface area contributed by atoms with Crippen LogP contribution in [0.2, 0.25) is 0 Å². The Morgan fingerprint density at radius 1 is 1.35 bits per heavy atom. The molecular formula is C10H10BrF4NO. The lowest BCUT2D eigenvalue weighted by Crippen LogP contribution is -2.47. The molecule has 2 atom stereocenters. The molecule has 1 aromatic rings. The van der Waals surface area contributed by atoms with Crippen LogP contribution in [0, 0.1) is 5.82 Å². The molecule has 0 fully saturated rings. The molecule has 0 aliphatic rings. The Kier molecular flexibility index (Phi) is 4.37. The van der Waals surface area contributed by atoms with Crippen molar-refractivity contribution >= 4 is 15.9 Å². The Hall–Kier alpha value is -0.820. The first-order valence-corrected chi connectivity index (χ1v) is 5.45. The van der Waals surface area contributed by atoms with Gasteiger partial charge < -0.3 is 10.5 Å². The topological polar surface area (TPSA) is 35.2 Å². The second-order valence-electron chi connectivity index (χ2n) is 3.51. The van der Waals surface area contributed by atoms with Crippen molar-refractivity contribution in [3.8, 4) is 5.75 Å². The number of benzene rings is 1. The number of hydrogen-bond donors (Lipinski definition) is 1. The molecule has 2 N–H and O–H groups in total. The first-order valence-electron chi connectivity index (χ1n) is 4.66. The monoisotopic (exact) mass is 315 g/mol. The fourth-order valence-electron chi connectivity index (χ4n) is 1.18. The summed E-state index contributed by atoms with van der Waals surface area (Å²) in [4.78, 5) is 0. The van der Waals surface area contributed by atoms with Crippen molar-refractivity contribution in [2.24, 2.45) is 5.73 Å². The maximum atomic E-state index is 13.2. The number of hydrogen-bond acceptors (Lipinski definition) is 2. The van der Waals surface area contributed by atoms with E-state index in [4.69, 9.17) is 5.73 Å². The van der Waals surface area contributed by atoms with E-state index < -0.39 is 29.9 Å². The van der Waals surface area contributed by atoms with Crippen molar-refractivity contribution in [3.05, 3.63) is 28.5 Å². The summed E-state index contributed by atoms with van der Waals surface area (Å²) in [6.45, 7) is 1.15. The Morgan fingerprint density at radius 3 is 2.41 bits per heavy atom. The Morgan fingerprint density at radius 2 is 1.94 bits per heavy atom.